The Morgan fingerprint density at radius 2 is 1.50 bits per heavy atom. The number of carbonyl (C=O) groups excluding carboxylic acids is 3. The minimum Gasteiger partial charge on any atom is -0.463 e. The molecule has 0 amide bonds. The predicted molar refractivity (Wildman–Crippen MR) is 188 cm³/mol. The summed E-state index contributed by atoms with van der Waals surface area (Å²) in [6.07, 6.45) is 12.3. The molecule has 3 aliphatic rings. The van der Waals surface area contributed by atoms with Crippen molar-refractivity contribution in [1.82, 2.24) is 4.90 Å². The lowest BCUT2D eigenvalue weighted by Crippen LogP contribution is -2.51. The lowest BCUT2D eigenvalue weighted by molar-refractivity contribution is -0.149. The molecule has 3 aliphatic carbocycles. The van der Waals surface area contributed by atoms with Crippen molar-refractivity contribution in [3.05, 3.63) is 59.8 Å². The SMILES string of the molecule is C=C(C)C(=O)OCC.C=C(C)C(=O)OCCN(C)CC.C=C(C)C(=O)OC[C@@]1(C)CCC[C@@]2(C)C1CC=C1C=C(C(C)C)CC[C@H]12. The van der Waals surface area contributed by atoms with E-state index in [1.807, 2.05) is 7.05 Å². The molecule has 1 fully saturated rings. The maximum absolute atomic E-state index is 12.0. The predicted octanol–water partition coefficient (Wildman–Crippen LogP) is 8.42. The third-order valence-electron chi connectivity index (χ3n) is 9.80. The van der Waals surface area contributed by atoms with E-state index in [0.717, 1.165) is 25.9 Å². The number of ether oxygens (including phenoxy) is 3. The van der Waals surface area contributed by atoms with Gasteiger partial charge in [0.1, 0.15) is 6.61 Å². The molecule has 7 heteroatoms. The van der Waals surface area contributed by atoms with Crippen LogP contribution < -0.4 is 0 Å². The van der Waals surface area contributed by atoms with E-state index in [9.17, 15) is 14.4 Å². The van der Waals surface area contributed by atoms with Gasteiger partial charge < -0.3 is 19.1 Å². The Morgan fingerprint density at radius 3 is 2.00 bits per heavy atom. The van der Waals surface area contributed by atoms with Crippen molar-refractivity contribution >= 4 is 17.9 Å². The second kappa shape index (κ2) is 19.0. The molecule has 4 atom stereocenters. The largest absolute Gasteiger partial charge is 0.463 e. The van der Waals surface area contributed by atoms with Crippen molar-refractivity contribution in [1.29, 1.82) is 0 Å². The van der Waals surface area contributed by atoms with E-state index in [4.69, 9.17) is 9.47 Å². The van der Waals surface area contributed by atoms with Gasteiger partial charge >= 0.3 is 17.9 Å². The smallest absolute Gasteiger partial charge is 0.333 e. The zero-order valence-electron chi connectivity index (χ0n) is 30.7. The maximum Gasteiger partial charge on any atom is 0.333 e. The van der Waals surface area contributed by atoms with E-state index in [1.165, 1.54) is 25.7 Å². The fourth-order valence-corrected chi connectivity index (χ4v) is 6.83. The number of allylic oxidation sites excluding steroid dienone is 4. The van der Waals surface area contributed by atoms with Crippen molar-refractivity contribution in [2.24, 2.45) is 28.6 Å². The van der Waals surface area contributed by atoms with Crippen LogP contribution in [0.25, 0.3) is 0 Å². The molecule has 0 bridgehead atoms. The Morgan fingerprint density at radius 1 is 0.935 bits per heavy atom. The average molecular weight is 642 g/mol. The standard InChI is InChI=1S/C24H36O2.C9H17NO2.C6H10O2/c1-16(2)18-8-10-20-19(14-18)9-11-21-23(5,12-7-13-24(20,21)6)15-26-22(25)17(3)4;1-5-10(4)6-7-12-9(11)8(2)3;1-4-8-6(7)5(2)3/h9,14,16,20-21H,3,7-8,10-13,15H2,1-2,4-6H3;2,5-7H2,1,3-4H3;2,4H2,1,3H3/t20-,21?,23-,24-;;/m1../s1. The Labute approximate surface area is 280 Å². The molecule has 0 aromatic carbocycles. The van der Waals surface area contributed by atoms with E-state index in [-0.39, 0.29) is 23.3 Å². The van der Waals surface area contributed by atoms with E-state index in [2.05, 4.69) is 76.1 Å². The van der Waals surface area contributed by atoms with Crippen molar-refractivity contribution in [3.8, 4) is 0 Å². The van der Waals surface area contributed by atoms with Crippen LogP contribution >= 0.6 is 0 Å². The Bertz CT molecular complexity index is 1160. The molecule has 0 aromatic heterocycles. The number of hydrogen-bond acceptors (Lipinski definition) is 7. The van der Waals surface area contributed by atoms with Crippen molar-refractivity contribution in [2.45, 2.75) is 101 Å². The first-order chi connectivity index (χ1) is 21.4. The summed E-state index contributed by atoms with van der Waals surface area (Å²) in [4.78, 5) is 35.3. The molecule has 3 rings (SSSR count). The third kappa shape index (κ3) is 12.0. The zero-order chi connectivity index (χ0) is 35.2. The minimum atomic E-state index is -0.312. The molecule has 1 saturated carbocycles. The highest BCUT2D eigenvalue weighted by molar-refractivity contribution is 5.87. The van der Waals surface area contributed by atoms with E-state index < -0.39 is 0 Å². The summed E-state index contributed by atoms with van der Waals surface area (Å²) >= 11 is 0. The Hall–Kier alpha value is -2.93. The number of hydrogen-bond donors (Lipinski definition) is 0. The van der Waals surface area contributed by atoms with Crippen molar-refractivity contribution in [3.63, 3.8) is 0 Å². The van der Waals surface area contributed by atoms with Crippen LogP contribution in [0.15, 0.2) is 59.8 Å². The summed E-state index contributed by atoms with van der Waals surface area (Å²) in [6, 6.07) is 0. The average Bonchev–Trinajstić information content (AvgIpc) is 2.99. The number of fused-ring (bicyclic) bond motifs is 3. The summed E-state index contributed by atoms with van der Waals surface area (Å²) in [6.45, 7) is 32.0. The van der Waals surface area contributed by atoms with Gasteiger partial charge in [0.15, 0.2) is 0 Å². The fourth-order valence-electron chi connectivity index (χ4n) is 6.83. The van der Waals surface area contributed by atoms with Gasteiger partial charge in [0.2, 0.25) is 0 Å². The van der Waals surface area contributed by atoms with E-state index in [0.29, 0.717) is 59.7 Å². The molecular weight excluding hydrogens is 578 g/mol. The first-order valence-corrected chi connectivity index (χ1v) is 17.0. The van der Waals surface area contributed by atoms with E-state index >= 15 is 0 Å². The lowest BCUT2D eigenvalue weighted by Gasteiger charge is -2.58. The van der Waals surface area contributed by atoms with Gasteiger partial charge in [-0.2, -0.15) is 0 Å². The Balaban J connectivity index is 0.000000439. The normalized spacial score (nSPS) is 24.7. The summed E-state index contributed by atoms with van der Waals surface area (Å²) in [5.74, 6) is 1.05. The maximum atomic E-state index is 12.0. The molecule has 0 heterocycles. The first kappa shape index (κ1) is 41.1. The van der Waals surface area contributed by atoms with Crippen LogP contribution in [-0.4, -0.2) is 62.8 Å². The second-order valence-electron chi connectivity index (χ2n) is 14.1. The molecule has 7 nitrogen and oxygen atoms in total. The number of nitrogens with zero attached hydrogens (tertiary/aromatic N) is 1. The molecule has 0 spiro atoms. The highest BCUT2D eigenvalue weighted by Crippen LogP contribution is 2.62. The van der Waals surface area contributed by atoms with Crippen LogP contribution in [0.2, 0.25) is 0 Å². The number of likely N-dealkylation sites (N-methyl/N-ethyl adjacent to an activating group) is 1. The van der Waals surface area contributed by atoms with Gasteiger partial charge in [-0.1, -0.05) is 78.5 Å². The van der Waals surface area contributed by atoms with Gasteiger partial charge in [-0.15, -0.1) is 0 Å². The second-order valence-corrected chi connectivity index (χ2v) is 14.1. The summed E-state index contributed by atoms with van der Waals surface area (Å²) in [5, 5.41) is 0. The fraction of sp³-hybridized carbons (Fsp3) is 0.667. The topological polar surface area (TPSA) is 82.1 Å². The summed E-state index contributed by atoms with van der Waals surface area (Å²) in [5.41, 5.74) is 5.00. The van der Waals surface area contributed by atoms with Crippen molar-refractivity contribution in [2.75, 3.05) is 40.0 Å². The molecule has 0 aromatic rings. The van der Waals surface area contributed by atoms with Crippen LogP contribution in [0.5, 0.6) is 0 Å². The molecule has 0 saturated heterocycles. The van der Waals surface area contributed by atoms with Gasteiger partial charge in [-0.05, 0) is 102 Å². The molecule has 260 valence electrons. The van der Waals surface area contributed by atoms with Gasteiger partial charge in [0.05, 0.1) is 13.2 Å². The molecule has 1 unspecified atom stereocenters. The van der Waals surface area contributed by atoms with Gasteiger partial charge in [-0.25, -0.2) is 14.4 Å². The van der Waals surface area contributed by atoms with Gasteiger partial charge in [0, 0.05) is 28.7 Å². The quantitative estimate of drug-likeness (QED) is 0.127. The number of esters is 3. The number of carbonyl (C=O) groups is 3. The summed E-state index contributed by atoms with van der Waals surface area (Å²) < 4.78 is 15.1. The van der Waals surface area contributed by atoms with Gasteiger partial charge in [0.25, 0.3) is 0 Å². The molecule has 46 heavy (non-hydrogen) atoms. The molecule has 0 N–H and O–H groups in total. The zero-order valence-corrected chi connectivity index (χ0v) is 30.7. The third-order valence-corrected chi connectivity index (χ3v) is 9.80. The molecule has 0 aliphatic heterocycles. The molecule has 0 radical (unpaired) electrons. The minimum absolute atomic E-state index is 0.0716. The van der Waals surface area contributed by atoms with Gasteiger partial charge in [-0.3, -0.25) is 0 Å². The van der Waals surface area contributed by atoms with Crippen LogP contribution in [-0.2, 0) is 28.6 Å². The van der Waals surface area contributed by atoms with E-state index in [1.54, 1.807) is 38.8 Å². The van der Waals surface area contributed by atoms with Crippen molar-refractivity contribution < 1.29 is 28.6 Å². The first-order valence-electron chi connectivity index (χ1n) is 17.0. The number of rotatable bonds is 11. The van der Waals surface area contributed by atoms with Crippen LogP contribution in [0, 0.1) is 28.6 Å². The monoisotopic (exact) mass is 641 g/mol. The summed E-state index contributed by atoms with van der Waals surface area (Å²) in [7, 11) is 1.98. The Kier molecular flexibility index (Phi) is 17.0. The van der Waals surface area contributed by atoms with Crippen LogP contribution in [0.3, 0.4) is 0 Å². The van der Waals surface area contributed by atoms with Crippen LogP contribution in [0.4, 0.5) is 0 Å². The highest BCUT2D eigenvalue weighted by atomic mass is 16.5. The lowest BCUT2D eigenvalue weighted by atomic mass is 9.47. The van der Waals surface area contributed by atoms with Crippen LogP contribution in [0.1, 0.15) is 101 Å². The highest BCUT2D eigenvalue weighted by Gasteiger charge is 2.54. The molecular formula is C39H63NO6.